The molecule has 1 aliphatic rings. The molecule has 7 nitrogen and oxygen atoms in total. The van der Waals surface area contributed by atoms with Crippen LogP contribution in [0.3, 0.4) is 0 Å². The summed E-state index contributed by atoms with van der Waals surface area (Å²) in [6.45, 7) is 4.01. The van der Waals surface area contributed by atoms with Crippen LogP contribution >= 0.6 is 0 Å². The number of anilines is 1. The topological polar surface area (TPSA) is 82.9 Å². The zero-order valence-corrected chi connectivity index (χ0v) is 17.7. The standard InChI is InChI=1S/C24H25N3O4/c1-18-3-5-19(6-4-18)15-20(16-25)24(29)31-17-23(28)27-13-11-26(12-14-27)21-7-9-22(30-2)10-8-21/h3-10,15H,11-14,17H2,1-2H3/b20-15+. The number of hydrogen-bond acceptors (Lipinski definition) is 6. The molecule has 2 aromatic rings. The Labute approximate surface area is 182 Å². The molecule has 0 aliphatic carbocycles. The molecule has 0 atom stereocenters. The summed E-state index contributed by atoms with van der Waals surface area (Å²) >= 11 is 0. The highest BCUT2D eigenvalue weighted by Crippen LogP contribution is 2.20. The van der Waals surface area contributed by atoms with Gasteiger partial charge >= 0.3 is 5.97 Å². The van der Waals surface area contributed by atoms with E-state index in [1.54, 1.807) is 12.0 Å². The SMILES string of the molecule is COc1ccc(N2CCN(C(=O)COC(=O)/C(C#N)=C/c3ccc(C)cc3)CC2)cc1. The Hall–Kier alpha value is -3.79. The number of carbonyl (C=O) groups excluding carboxylic acids is 2. The molecular formula is C24H25N3O4. The van der Waals surface area contributed by atoms with Crippen molar-refractivity contribution in [2.24, 2.45) is 0 Å². The van der Waals surface area contributed by atoms with Crippen molar-refractivity contribution in [3.8, 4) is 11.8 Å². The molecule has 1 fully saturated rings. The van der Waals surface area contributed by atoms with Gasteiger partial charge in [0.1, 0.15) is 17.4 Å². The number of aryl methyl sites for hydroxylation is 1. The number of nitrogens with zero attached hydrogens (tertiary/aromatic N) is 3. The summed E-state index contributed by atoms with van der Waals surface area (Å²) in [4.78, 5) is 28.5. The van der Waals surface area contributed by atoms with Gasteiger partial charge in [-0.1, -0.05) is 29.8 Å². The van der Waals surface area contributed by atoms with Crippen LogP contribution < -0.4 is 9.64 Å². The number of amides is 1. The van der Waals surface area contributed by atoms with E-state index >= 15 is 0 Å². The number of hydrogen-bond donors (Lipinski definition) is 0. The number of rotatable bonds is 6. The molecule has 0 saturated carbocycles. The van der Waals surface area contributed by atoms with Gasteiger partial charge in [0.05, 0.1) is 7.11 Å². The molecule has 1 amide bonds. The van der Waals surface area contributed by atoms with Crippen molar-refractivity contribution in [1.82, 2.24) is 4.90 Å². The molecule has 0 unspecified atom stereocenters. The van der Waals surface area contributed by atoms with Crippen molar-refractivity contribution in [3.05, 3.63) is 65.2 Å². The van der Waals surface area contributed by atoms with Crippen LogP contribution in [0.15, 0.2) is 54.1 Å². The maximum absolute atomic E-state index is 12.4. The first-order valence-electron chi connectivity index (χ1n) is 10.0. The second-order valence-electron chi connectivity index (χ2n) is 7.22. The van der Waals surface area contributed by atoms with E-state index in [9.17, 15) is 14.9 Å². The lowest BCUT2D eigenvalue weighted by Gasteiger charge is -2.36. The molecule has 2 aromatic carbocycles. The lowest BCUT2D eigenvalue weighted by molar-refractivity contribution is -0.148. The predicted octanol–water partition coefficient (Wildman–Crippen LogP) is 2.80. The minimum absolute atomic E-state index is 0.138. The Morgan fingerprint density at radius 2 is 1.68 bits per heavy atom. The molecular weight excluding hydrogens is 394 g/mol. The molecule has 0 bridgehead atoms. The summed E-state index contributed by atoms with van der Waals surface area (Å²) in [6.07, 6.45) is 1.46. The average molecular weight is 419 g/mol. The third kappa shape index (κ3) is 5.86. The third-order valence-electron chi connectivity index (χ3n) is 5.13. The lowest BCUT2D eigenvalue weighted by Crippen LogP contribution is -2.49. The molecule has 0 aromatic heterocycles. The fourth-order valence-electron chi connectivity index (χ4n) is 3.27. The van der Waals surface area contributed by atoms with Crippen LogP contribution in [0.1, 0.15) is 11.1 Å². The minimum atomic E-state index is -0.798. The second-order valence-corrected chi connectivity index (χ2v) is 7.22. The van der Waals surface area contributed by atoms with Crippen molar-refractivity contribution in [2.45, 2.75) is 6.92 Å². The molecule has 7 heteroatoms. The molecule has 0 spiro atoms. The Balaban J connectivity index is 1.49. The van der Waals surface area contributed by atoms with E-state index in [1.807, 2.05) is 61.5 Å². The minimum Gasteiger partial charge on any atom is -0.497 e. The van der Waals surface area contributed by atoms with Crippen molar-refractivity contribution in [2.75, 3.05) is 44.8 Å². The summed E-state index contributed by atoms with van der Waals surface area (Å²) < 4.78 is 10.3. The van der Waals surface area contributed by atoms with Crippen LogP contribution in [-0.2, 0) is 14.3 Å². The smallest absolute Gasteiger partial charge is 0.349 e. The first kappa shape index (κ1) is 21.9. The number of piperazine rings is 1. The molecule has 0 radical (unpaired) electrons. The average Bonchev–Trinajstić information content (AvgIpc) is 2.82. The Morgan fingerprint density at radius 1 is 1.03 bits per heavy atom. The van der Waals surface area contributed by atoms with Gasteiger partial charge in [-0.3, -0.25) is 4.79 Å². The van der Waals surface area contributed by atoms with Gasteiger partial charge in [0, 0.05) is 31.9 Å². The van der Waals surface area contributed by atoms with Crippen LogP contribution in [0.2, 0.25) is 0 Å². The van der Waals surface area contributed by atoms with Gasteiger partial charge in [-0.15, -0.1) is 0 Å². The van der Waals surface area contributed by atoms with E-state index in [4.69, 9.17) is 9.47 Å². The Morgan fingerprint density at radius 3 is 2.26 bits per heavy atom. The van der Waals surface area contributed by atoms with Gasteiger partial charge in [-0.05, 0) is 42.8 Å². The van der Waals surface area contributed by atoms with Gasteiger partial charge < -0.3 is 19.3 Å². The summed E-state index contributed by atoms with van der Waals surface area (Å²) in [5.74, 6) is -0.267. The maximum Gasteiger partial charge on any atom is 0.349 e. The van der Waals surface area contributed by atoms with Gasteiger partial charge in [0.15, 0.2) is 6.61 Å². The van der Waals surface area contributed by atoms with Crippen LogP contribution in [0.4, 0.5) is 5.69 Å². The number of methoxy groups -OCH3 is 1. The van der Waals surface area contributed by atoms with Gasteiger partial charge in [-0.25, -0.2) is 4.79 Å². The Kier molecular flexibility index (Phi) is 7.28. The predicted molar refractivity (Wildman–Crippen MR) is 118 cm³/mol. The number of carbonyl (C=O) groups is 2. The van der Waals surface area contributed by atoms with Crippen LogP contribution in [-0.4, -0.2) is 56.7 Å². The van der Waals surface area contributed by atoms with Crippen LogP contribution in [0.5, 0.6) is 5.75 Å². The van der Waals surface area contributed by atoms with Gasteiger partial charge in [-0.2, -0.15) is 5.26 Å². The zero-order chi connectivity index (χ0) is 22.2. The fourth-order valence-corrected chi connectivity index (χ4v) is 3.27. The molecule has 1 saturated heterocycles. The monoisotopic (exact) mass is 419 g/mol. The van der Waals surface area contributed by atoms with E-state index in [0.29, 0.717) is 26.2 Å². The van der Waals surface area contributed by atoms with E-state index in [1.165, 1.54) is 6.08 Å². The lowest BCUT2D eigenvalue weighted by atomic mass is 10.1. The molecule has 31 heavy (non-hydrogen) atoms. The van der Waals surface area contributed by atoms with Crippen LogP contribution in [0.25, 0.3) is 6.08 Å². The first-order valence-corrected chi connectivity index (χ1v) is 10.0. The second kappa shape index (κ2) is 10.3. The number of ether oxygens (including phenoxy) is 2. The molecule has 160 valence electrons. The highest BCUT2D eigenvalue weighted by molar-refractivity contribution is 5.98. The fraction of sp³-hybridized carbons (Fsp3) is 0.292. The summed E-state index contributed by atoms with van der Waals surface area (Å²) in [5.41, 5.74) is 2.73. The summed E-state index contributed by atoms with van der Waals surface area (Å²) in [6, 6.07) is 17.0. The zero-order valence-electron chi connectivity index (χ0n) is 17.7. The first-order chi connectivity index (χ1) is 15.0. The molecule has 0 N–H and O–H groups in total. The maximum atomic E-state index is 12.4. The van der Waals surface area contributed by atoms with Crippen molar-refractivity contribution in [3.63, 3.8) is 0 Å². The highest BCUT2D eigenvalue weighted by Gasteiger charge is 2.23. The van der Waals surface area contributed by atoms with Crippen molar-refractivity contribution < 1.29 is 19.1 Å². The van der Waals surface area contributed by atoms with Gasteiger partial charge in [0.2, 0.25) is 0 Å². The molecule has 1 aliphatic heterocycles. The number of benzene rings is 2. The van der Waals surface area contributed by atoms with Crippen molar-refractivity contribution >= 4 is 23.6 Å². The van der Waals surface area contributed by atoms with E-state index in [-0.39, 0.29) is 18.1 Å². The summed E-state index contributed by atoms with van der Waals surface area (Å²) in [7, 11) is 1.63. The van der Waals surface area contributed by atoms with E-state index in [0.717, 1.165) is 22.6 Å². The Bertz CT molecular complexity index is 983. The van der Waals surface area contributed by atoms with Gasteiger partial charge in [0.25, 0.3) is 5.91 Å². The number of nitriles is 1. The summed E-state index contributed by atoms with van der Waals surface area (Å²) in [5, 5.41) is 9.27. The largest absolute Gasteiger partial charge is 0.497 e. The quantitative estimate of drug-likeness (QED) is 0.407. The number of esters is 1. The third-order valence-corrected chi connectivity index (χ3v) is 5.13. The van der Waals surface area contributed by atoms with Crippen molar-refractivity contribution in [1.29, 1.82) is 5.26 Å². The van der Waals surface area contributed by atoms with E-state index < -0.39 is 5.97 Å². The highest BCUT2D eigenvalue weighted by atomic mass is 16.5. The molecule has 3 rings (SSSR count). The van der Waals surface area contributed by atoms with E-state index in [2.05, 4.69) is 4.90 Å². The molecule has 1 heterocycles. The van der Waals surface area contributed by atoms with Crippen LogP contribution in [0, 0.1) is 18.3 Å². The normalized spacial score (nSPS) is 14.0.